The van der Waals surface area contributed by atoms with Gasteiger partial charge in [0, 0.05) is 18.2 Å². The van der Waals surface area contributed by atoms with Crippen LogP contribution in [0.25, 0.3) is 0 Å². The molecule has 1 amide bonds. The predicted octanol–water partition coefficient (Wildman–Crippen LogP) is 3.38. The summed E-state index contributed by atoms with van der Waals surface area (Å²) in [5.74, 6) is -0.0501. The number of ether oxygens (including phenoxy) is 3. The molecular formula is C19H19ClN2O7. The minimum absolute atomic E-state index is 0.0467. The lowest BCUT2D eigenvalue weighted by atomic mass is 10.1. The van der Waals surface area contributed by atoms with Gasteiger partial charge in [-0.25, -0.2) is 0 Å². The Hall–Kier alpha value is -3.33. The maximum Gasteiger partial charge on any atom is 0.306 e. The van der Waals surface area contributed by atoms with Gasteiger partial charge in [0.1, 0.15) is 5.02 Å². The Bertz CT molecular complexity index is 917. The summed E-state index contributed by atoms with van der Waals surface area (Å²) in [5, 5.41) is 13.2. The van der Waals surface area contributed by atoms with E-state index in [0.29, 0.717) is 17.9 Å². The average Bonchev–Trinajstić information content (AvgIpc) is 2.71. The smallest absolute Gasteiger partial charge is 0.306 e. The van der Waals surface area contributed by atoms with E-state index in [1.54, 1.807) is 18.2 Å². The number of nitro groups is 1. The van der Waals surface area contributed by atoms with E-state index in [0.717, 1.165) is 11.6 Å². The quantitative estimate of drug-likeness (QED) is 0.374. The Labute approximate surface area is 171 Å². The van der Waals surface area contributed by atoms with Gasteiger partial charge in [0.25, 0.3) is 11.6 Å². The first kappa shape index (κ1) is 22.0. The summed E-state index contributed by atoms with van der Waals surface area (Å²) in [6.45, 7) is -0.513. The third kappa shape index (κ3) is 6.35. The number of methoxy groups -OCH3 is 2. The molecule has 0 aromatic heterocycles. The van der Waals surface area contributed by atoms with Crippen LogP contribution in [0.2, 0.25) is 5.02 Å². The highest BCUT2D eigenvalue weighted by Gasteiger charge is 2.15. The van der Waals surface area contributed by atoms with Gasteiger partial charge in [-0.2, -0.15) is 0 Å². The maximum atomic E-state index is 11.9. The zero-order valence-corrected chi connectivity index (χ0v) is 16.5. The van der Waals surface area contributed by atoms with Crippen LogP contribution in [0, 0.1) is 10.1 Å². The van der Waals surface area contributed by atoms with Crippen molar-refractivity contribution in [2.24, 2.45) is 0 Å². The number of aryl methyl sites for hydroxylation is 1. The van der Waals surface area contributed by atoms with Crippen molar-refractivity contribution >= 4 is 34.9 Å². The number of nitrogens with zero attached hydrogens (tertiary/aromatic N) is 1. The number of amides is 1. The van der Waals surface area contributed by atoms with Crippen LogP contribution in [0.4, 0.5) is 11.4 Å². The molecule has 10 heteroatoms. The van der Waals surface area contributed by atoms with Gasteiger partial charge in [0.05, 0.1) is 19.1 Å². The molecule has 154 valence electrons. The molecule has 0 saturated carbocycles. The van der Waals surface area contributed by atoms with Crippen LogP contribution in [0.3, 0.4) is 0 Å². The Morgan fingerprint density at radius 3 is 2.48 bits per heavy atom. The highest BCUT2D eigenvalue weighted by atomic mass is 35.5. The highest BCUT2D eigenvalue weighted by molar-refractivity contribution is 6.32. The Kier molecular flexibility index (Phi) is 7.79. The minimum Gasteiger partial charge on any atom is -0.493 e. The molecule has 0 aliphatic rings. The molecule has 2 aromatic carbocycles. The van der Waals surface area contributed by atoms with Crippen molar-refractivity contribution in [1.29, 1.82) is 0 Å². The van der Waals surface area contributed by atoms with Crippen molar-refractivity contribution < 1.29 is 28.7 Å². The fourth-order valence-electron chi connectivity index (χ4n) is 2.43. The normalized spacial score (nSPS) is 10.2. The van der Waals surface area contributed by atoms with Crippen LogP contribution in [-0.2, 0) is 20.7 Å². The topological polar surface area (TPSA) is 117 Å². The molecule has 0 aliphatic carbocycles. The molecule has 2 rings (SSSR count). The van der Waals surface area contributed by atoms with E-state index >= 15 is 0 Å². The van der Waals surface area contributed by atoms with E-state index in [1.165, 1.54) is 26.4 Å². The first-order chi connectivity index (χ1) is 13.8. The Morgan fingerprint density at radius 2 is 1.83 bits per heavy atom. The molecule has 9 nitrogen and oxygen atoms in total. The molecule has 29 heavy (non-hydrogen) atoms. The minimum atomic E-state index is -0.661. The number of rotatable bonds is 9. The predicted molar refractivity (Wildman–Crippen MR) is 106 cm³/mol. The second kappa shape index (κ2) is 10.3. The van der Waals surface area contributed by atoms with E-state index < -0.39 is 23.4 Å². The van der Waals surface area contributed by atoms with Gasteiger partial charge in [-0.3, -0.25) is 19.7 Å². The second-order valence-electron chi connectivity index (χ2n) is 5.82. The third-order valence-electron chi connectivity index (χ3n) is 3.86. The number of benzene rings is 2. The number of anilines is 1. The van der Waals surface area contributed by atoms with Crippen LogP contribution in [0.15, 0.2) is 36.4 Å². The van der Waals surface area contributed by atoms with Crippen molar-refractivity contribution in [2.75, 3.05) is 26.1 Å². The first-order valence-corrected chi connectivity index (χ1v) is 8.82. The summed E-state index contributed by atoms with van der Waals surface area (Å²) in [6.07, 6.45) is 0.458. The zero-order chi connectivity index (χ0) is 21.4. The molecule has 2 aromatic rings. The molecule has 1 N–H and O–H groups in total. The van der Waals surface area contributed by atoms with E-state index in [2.05, 4.69) is 5.32 Å². The number of nitrogens with one attached hydrogen (secondary N) is 1. The third-order valence-corrected chi connectivity index (χ3v) is 4.18. The Balaban J connectivity index is 1.82. The Morgan fingerprint density at radius 1 is 1.10 bits per heavy atom. The molecule has 0 heterocycles. The molecule has 0 atom stereocenters. The number of halogens is 1. The van der Waals surface area contributed by atoms with Crippen LogP contribution in [0.5, 0.6) is 11.5 Å². The lowest BCUT2D eigenvalue weighted by Crippen LogP contribution is -2.21. The van der Waals surface area contributed by atoms with E-state index in [4.69, 9.17) is 25.8 Å². The molecule has 0 aliphatic heterocycles. The number of carbonyl (C=O) groups excluding carboxylic acids is 2. The highest BCUT2D eigenvalue weighted by Crippen LogP contribution is 2.28. The number of hydrogen-bond acceptors (Lipinski definition) is 7. The van der Waals surface area contributed by atoms with Crippen LogP contribution >= 0.6 is 11.6 Å². The average molecular weight is 423 g/mol. The van der Waals surface area contributed by atoms with Gasteiger partial charge in [-0.15, -0.1) is 0 Å². The van der Waals surface area contributed by atoms with Crippen molar-refractivity contribution in [3.8, 4) is 11.5 Å². The van der Waals surface area contributed by atoms with Crippen molar-refractivity contribution in [2.45, 2.75) is 12.8 Å². The van der Waals surface area contributed by atoms with E-state index in [9.17, 15) is 19.7 Å². The second-order valence-corrected chi connectivity index (χ2v) is 6.23. The van der Waals surface area contributed by atoms with Gasteiger partial charge in [-0.05, 0) is 36.2 Å². The van der Waals surface area contributed by atoms with Crippen molar-refractivity contribution in [3.05, 3.63) is 57.1 Å². The molecule has 0 saturated heterocycles. The summed E-state index contributed by atoms with van der Waals surface area (Å²) >= 11 is 5.71. The lowest BCUT2D eigenvalue weighted by Gasteiger charge is -2.10. The maximum absolute atomic E-state index is 11.9. The molecule has 0 unspecified atom stereocenters. The SMILES string of the molecule is COc1ccc(CCC(=O)OCC(=O)Nc2ccc(Cl)c([N+](=O)[O-])c2)cc1OC. The zero-order valence-electron chi connectivity index (χ0n) is 15.8. The summed E-state index contributed by atoms with van der Waals surface area (Å²) in [7, 11) is 3.05. The van der Waals surface area contributed by atoms with Gasteiger partial charge in [0.15, 0.2) is 18.1 Å². The largest absolute Gasteiger partial charge is 0.493 e. The summed E-state index contributed by atoms with van der Waals surface area (Å²) < 4.78 is 15.3. The van der Waals surface area contributed by atoms with Crippen molar-refractivity contribution in [1.82, 2.24) is 0 Å². The van der Waals surface area contributed by atoms with Gasteiger partial charge < -0.3 is 19.5 Å². The fraction of sp³-hybridized carbons (Fsp3) is 0.263. The van der Waals surface area contributed by atoms with E-state index in [1.807, 2.05) is 0 Å². The molecule has 0 bridgehead atoms. The van der Waals surface area contributed by atoms with E-state index in [-0.39, 0.29) is 22.8 Å². The number of nitro benzene ring substituents is 1. The number of esters is 1. The number of carbonyl (C=O) groups is 2. The fourth-order valence-corrected chi connectivity index (χ4v) is 2.61. The summed E-state index contributed by atoms with van der Waals surface area (Å²) in [6, 6.07) is 9.12. The standard InChI is InChI=1S/C19H19ClN2O7/c1-27-16-7-3-12(9-17(16)28-2)4-8-19(24)29-11-18(23)21-13-5-6-14(20)15(10-13)22(25)26/h3,5-7,9-10H,4,8,11H2,1-2H3,(H,21,23). The summed E-state index contributed by atoms with van der Waals surface area (Å²) in [5.41, 5.74) is 0.682. The van der Waals surface area contributed by atoms with Gasteiger partial charge >= 0.3 is 5.97 Å². The number of hydrogen-bond donors (Lipinski definition) is 1. The van der Waals surface area contributed by atoms with Crippen LogP contribution < -0.4 is 14.8 Å². The molecule has 0 fully saturated rings. The van der Waals surface area contributed by atoms with Gasteiger partial charge in [-0.1, -0.05) is 17.7 Å². The van der Waals surface area contributed by atoms with Crippen LogP contribution in [-0.4, -0.2) is 37.6 Å². The van der Waals surface area contributed by atoms with Crippen molar-refractivity contribution in [3.63, 3.8) is 0 Å². The molecular weight excluding hydrogens is 404 g/mol. The molecule has 0 spiro atoms. The van der Waals surface area contributed by atoms with Gasteiger partial charge in [0.2, 0.25) is 0 Å². The molecule has 0 radical (unpaired) electrons. The van der Waals surface area contributed by atoms with Crippen LogP contribution in [0.1, 0.15) is 12.0 Å². The monoisotopic (exact) mass is 422 g/mol. The lowest BCUT2D eigenvalue weighted by molar-refractivity contribution is -0.384. The first-order valence-electron chi connectivity index (χ1n) is 8.44. The summed E-state index contributed by atoms with van der Waals surface area (Å²) in [4.78, 5) is 34.0.